The van der Waals surface area contributed by atoms with Gasteiger partial charge in [-0.05, 0) is 31.9 Å². The van der Waals surface area contributed by atoms with Crippen LogP contribution in [0.15, 0.2) is 24.3 Å². The van der Waals surface area contributed by atoms with Crippen molar-refractivity contribution < 1.29 is 23.5 Å². The van der Waals surface area contributed by atoms with Gasteiger partial charge in [0, 0.05) is 25.7 Å². The second-order valence-corrected chi connectivity index (χ2v) is 7.79. The Bertz CT molecular complexity index is 847. The SMILES string of the molecule is CCOC(=O)N1CCC(NC2NCC3C(=O)N(c4ccccc4F)C(=O)NC3N2)CC1. The number of hydrogen-bond donors (Lipinski definition) is 4. The van der Waals surface area contributed by atoms with E-state index >= 15 is 0 Å². The van der Waals surface area contributed by atoms with E-state index in [1.54, 1.807) is 17.9 Å². The number of nitrogens with one attached hydrogen (secondary N) is 4. The molecule has 0 bridgehead atoms. The van der Waals surface area contributed by atoms with Crippen molar-refractivity contribution in [3.63, 3.8) is 0 Å². The number of rotatable bonds is 4. The monoisotopic (exact) mass is 434 g/mol. The van der Waals surface area contributed by atoms with Crippen LogP contribution in [0.25, 0.3) is 0 Å². The number of piperidine rings is 1. The molecule has 3 heterocycles. The van der Waals surface area contributed by atoms with E-state index in [0.717, 1.165) is 17.7 Å². The third kappa shape index (κ3) is 4.48. The Morgan fingerprint density at radius 3 is 2.71 bits per heavy atom. The van der Waals surface area contributed by atoms with Gasteiger partial charge >= 0.3 is 12.1 Å². The molecule has 1 aromatic rings. The number of benzene rings is 1. The largest absolute Gasteiger partial charge is 0.450 e. The normalized spacial score (nSPS) is 27.0. The molecule has 31 heavy (non-hydrogen) atoms. The Labute approximate surface area is 179 Å². The maximum atomic E-state index is 14.1. The summed E-state index contributed by atoms with van der Waals surface area (Å²) in [6, 6.07) is 5.21. The van der Waals surface area contributed by atoms with Gasteiger partial charge in [0.1, 0.15) is 12.1 Å². The molecule has 0 spiro atoms. The molecule has 3 saturated heterocycles. The van der Waals surface area contributed by atoms with Crippen molar-refractivity contribution in [3.8, 4) is 0 Å². The second kappa shape index (κ2) is 9.16. The number of carbonyl (C=O) groups is 3. The van der Waals surface area contributed by atoms with Crippen LogP contribution in [0.4, 0.5) is 19.7 Å². The van der Waals surface area contributed by atoms with Crippen LogP contribution < -0.4 is 26.2 Å². The molecule has 0 saturated carbocycles. The summed E-state index contributed by atoms with van der Waals surface area (Å²) in [6.07, 6.45) is 0.355. The molecule has 168 valence electrons. The van der Waals surface area contributed by atoms with E-state index in [2.05, 4.69) is 21.3 Å². The minimum absolute atomic E-state index is 0.0583. The molecule has 3 unspecified atom stereocenters. The highest BCUT2D eigenvalue weighted by Crippen LogP contribution is 2.25. The topological polar surface area (TPSA) is 115 Å². The van der Waals surface area contributed by atoms with Crippen molar-refractivity contribution >= 4 is 23.7 Å². The third-order valence-electron chi connectivity index (χ3n) is 5.83. The first-order valence-corrected chi connectivity index (χ1v) is 10.5. The van der Waals surface area contributed by atoms with Crippen molar-refractivity contribution in [2.75, 3.05) is 31.1 Å². The lowest BCUT2D eigenvalue weighted by molar-refractivity contribution is -0.124. The molecule has 1 aromatic carbocycles. The summed E-state index contributed by atoms with van der Waals surface area (Å²) in [5.74, 6) is -1.66. The summed E-state index contributed by atoms with van der Waals surface area (Å²) in [5.41, 5.74) is -0.0583. The summed E-state index contributed by atoms with van der Waals surface area (Å²) in [5, 5.41) is 12.6. The van der Waals surface area contributed by atoms with Crippen molar-refractivity contribution in [3.05, 3.63) is 30.1 Å². The Balaban J connectivity index is 1.32. The van der Waals surface area contributed by atoms with Gasteiger partial charge in [0.15, 0.2) is 0 Å². The average Bonchev–Trinajstić information content (AvgIpc) is 2.75. The fraction of sp³-hybridized carbons (Fsp3) is 0.550. The van der Waals surface area contributed by atoms with E-state index in [9.17, 15) is 18.8 Å². The Morgan fingerprint density at radius 2 is 2.00 bits per heavy atom. The maximum absolute atomic E-state index is 14.1. The van der Waals surface area contributed by atoms with Crippen LogP contribution in [0, 0.1) is 11.7 Å². The molecule has 4 rings (SSSR count). The first-order valence-electron chi connectivity index (χ1n) is 10.5. The number of para-hydroxylation sites is 1. The lowest BCUT2D eigenvalue weighted by Crippen LogP contribution is -2.75. The number of fused-ring (bicyclic) bond motifs is 1. The Morgan fingerprint density at radius 1 is 1.26 bits per heavy atom. The van der Waals surface area contributed by atoms with Gasteiger partial charge in [-0.3, -0.25) is 20.7 Å². The fourth-order valence-corrected chi connectivity index (χ4v) is 4.20. The van der Waals surface area contributed by atoms with E-state index < -0.39 is 29.8 Å². The van der Waals surface area contributed by atoms with E-state index in [-0.39, 0.29) is 24.1 Å². The van der Waals surface area contributed by atoms with Gasteiger partial charge in [-0.25, -0.2) is 18.9 Å². The summed E-state index contributed by atoms with van der Waals surface area (Å²) in [7, 11) is 0. The zero-order chi connectivity index (χ0) is 22.0. The summed E-state index contributed by atoms with van der Waals surface area (Å²) < 4.78 is 19.2. The molecule has 4 amide bonds. The molecule has 0 aromatic heterocycles. The van der Waals surface area contributed by atoms with Crippen LogP contribution in [0.1, 0.15) is 19.8 Å². The molecule has 3 aliphatic heterocycles. The van der Waals surface area contributed by atoms with Gasteiger partial charge in [-0.2, -0.15) is 0 Å². The predicted molar refractivity (Wildman–Crippen MR) is 109 cm³/mol. The Hall–Kier alpha value is -2.76. The Kier molecular flexibility index (Phi) is 6.35. The first-order chi connectivity index (χ1) is 15.0. The number of carbonyl (C=O) groups excluding carboxylic acids is 3. The predicted octanol–water partition coefficient (Wildman–Crippen LogP) is 0.511. The first kappa shape index (κ1) is 21.5. The molecular formula is C20H27FN6O4. The molecule has 3 fully saturated rings. The van der Waals surface area contributed by atoms with Crippen LogP contribution in [0.3, 0.4) is 0 Å². The van der Waals surface area contributed by atoms with Crippen molar-refractivity contribution in [1.82, 2.24) is 26.2 Å². The minimum atomic E-state index is -0.660. The van der Waals surface area contributed by atoms with Gasteiger partial charge in [0.25, 0.3) is 0 Å². The minimum Gasteiger partial charge on any atom is -0.450 e. The summed E-state index contributed by atoms with van der Waals surface area (Å²) in [6.45, 7) is 3.66. The molecule has 10 nitrogen and oxygen atoms in total. The van der Waals surface area contributed by atoms with Crippen molar-refractivity contribution in [1.29, 1.82) is 0 Å². The van der Waals surface area contributed by atoms with Gasteiger partial charge < -0.3 is 15.0 Å². The van der Waals surface area contributed by atoms with Gasteiger partial charge in [0.2, 0.25) is 5.91 Å². The standard InChI is InChI=1S/C20H27FN6O4/c1-2-31-20(30)26-9-7-12(8-10-26)23-18-22-11-13-16(24-18)25-19(29)27(17(13)28)15-6-4-3-5-14(15)21/h3-6,12-13,16,18,22-24H,2,7-11H2,1H3,(H,25,29). The maximum Gasteiger partial charge on any atom is 0.409 e. The molecular weight excluding hydrogens is 407 g/mol. The number of anilines is 1. The molecule has 3 atom stereocenters. The zero-order valence-corrected chi connectivity index (χ0v) is 17.3. The smallest absolute Gasteiger partial charge is 0.409 e. The van der Waals surface area contributed by atoms with E-state index in [4.69, 9.17) is 4.74 Å². The molecule has 11 heteroatoms. The second-order valence-electron chi connectivity index (χ2n) is 7.79. The zero-order valence-electron chi connectivity index (χ0n) is 17.3. The number of urea groups is 1. The number of imide groups is 1. The highest BCUT2D eigenvalue weighted by molar-refractivity contribution is 6.17. The van der Waals surface area contributed by atoms with Gasteiger partial charge in [-0.1, -0.05) is 12.1 Å². The number of amides is 4. The molecule has 4 N–H and O–H groups in total. The number of likely N-dealkylation sites (tertiary alicyclic amines) is 1. The van der Waals surface area contributed by atoms with Crippen LogP contribution in [0.2, 0.25) is 0 Å². The van der Waals surface area contributed by atoms with Gasteiger partial charge in [0.05, 0.1) is 24.4 Å². The van der Waals surface area contributed by atoms with Crippen LogP contribution >= 0.6 is 0 Å². The van der Waals surface area contributed by atoms with Crippen molar-refractivity contribution in [2.45, 2.75) is 38.3 Å². The molecule has 0 aliphatic carbocycles. The highest BCUT2D eigenvalue weighted by atomic mass is 19.1. The van der Waals surface area contributed by atoms with E-state index in [1.807, 2.05) is 0 Å². The van der Waals surface area contributed by atoms with E-state index in [1.165, 1.54) is 18.2 Å². The fourth-order valence-electron chi connectivity index (χ4n) is 4.20. The highest BCUT2D eigenvalue weighted by Gasteiger charge is 2.45. The average molecular weight is 434 g/mol. The lowest BCUT2D eigenvalue weighted by Gasteiger charge is -2.44. The number of ether oxygens (including phenoxy) is 1. The van der Waals surface area contributed by atoms with Crippen molar-refractivity contribution in [2.24, 2.45) is 5.92 Å². The quantitative estimate of drug-likeness (QED) is 0.546. The summed E-state index contributed by atoms with van der Waals surface area (Å²) >= 11 is 0. The number of halogens is 1. The number of nitrogens with zero attached hydrogens (tertiary/aromatic N) is 2. The molecule has 3 aliphatic rings. The van der Waals surface area contributed by atoms with Crippen LogP contribution in [0.5, 0.6) is 0 Å². The van der Waals surface area contributed by atoms with Gasteiger partial charge in [-0.15, -0.1) is 0 Å². The molecule has 0 radical (unpaired) electrons. The van der Waals surface area contributed by atoms with Crippen LogP contribution in [-0.2, 0) is 9.53 Å². The third-order valence-corrected chi connectivity index (χ3v) is 5.83. The van der Waals surface area contributed by atoms with Crippen LogP contribution in [-0.4, -0.2) is 67.7 Å². The number of hydrogen-bond acceptors (Lipinski definition) is 7. The summed E-state index contributed by atoms with van der Waals surface area (Å²) in [4.78, 5) is 39.9. The van der Waals surface area contributed by atoms with E-state index in [0.29, 0.717) is 26.2 Å². The lowest BCUT2D eigenvalue weighted by atomic mass is 9.98.